The van der Waals surface area contributed by atoms with E-state index < -0.39 is 35.5 Å². The SMILES string of the molecule is Cc1ccc(C[C@H](NC(=O)[C@H](C)NC(=O)CN2CCOCC2)C(=O)N[C@@H](CC2=CCCC2)C(=O)[C@]2(C)CO2)cc1O. The first kappa shape index (κ1) is 30.7. The van der Waals surface area contributed by atoms with Crippen LogP contribution >= 0.6 is 0 Å². The second-order valence-corrected chi connectivity index (χ2v) is 11.5. The number of hydrogen-bond acceptors (Lipinski definition) is 8. The molecule has 0 bridgehead atoms. The topological polar surface area (TPSA) is 150 Å². The van der Waals surface area contributed by atoms with Crippen molar-refractivity contribution in [3.63, 3.8) is 0 Å². The second-order valence-electron chi connectivity index (χ2n) is 11.5. The smallest absolute Gasteiger partial charge is 0.243 e. The van der Waals surface area contributed by atoms with Crippen molar-refractivity contribution in [2.24, 2.45) is 0 Å². The number of aryl methyl sites for hydroxylation is 1. The summed E-state index contributed by atoms with van der Waals surface area (Å²) in [6.07, 6.45) is 5.42. The Morgan fingerprint density at radius 3 is 2.39 bits per heavy atom. The molecule has 0 unspecified atom stereocenters. The molecule has 0 spiro atoms. The number of epoxide rings is 1. The van der Waals surface area contributed by atoms with Crippen molar-refractivity contribution >= 4 is 23.5 Å². The van der Waals surface area contributed by atoms with Crippen LogP contribution in [-0.2, 0) is 35.1 Å². The van der Waals surface area contributed by atoms with Crippen molar-refractivity contribution in [3.8, 4) is 5.75 Å². The predicted octanol–water partition coefficient (Wildman–Crippen LogP) is 0.908. The zero-order chi connectivity index (χ0) is 29.6. The Balaban J connectivity index is 1.45. The molecule has 0 radical (unpaired) electrons. The number of ketones is 1. The van der Waals surface area contributed by atoms with E-state index in [1.165, 1.54) is 0 Å². The Hall–Kier alpha value is -3.28. The van der Waals surface area contributed by atoms with E-state index in [2.05, 4.69) is 22.0 Å². The van der Waals surface area contributed by atoms with Gasteiger partial charge >= 0.3 is 0 Å². The highest BCUT2D eigenvalue weighted by Crippen LogP contribution is 2.31. The van der Waals surface area contributed by atoms with E-state index in [4.69, 9.17) is 9.47 Å². The molecule has 0 aromatic heterocycles. The zero-order valence-electron chi connectivity index (χ0n) is 24.2. The number of aromatic hydroxyl groups is 1. The number of benzene rings is 1. The number of phenols is 1. The molecule has 2 saturated heterocycles. The van der Waals surface area contributed by atoms with E-state index in [-0.39, 0.29) is 30.4 Å². The Morgan fingerprint density at radius 1 is 1.05 bits per heavy atom. The molecular formula is C30H42N4O7. The molecule has 11 nitrogen and oxygen atoms in total. The first-order valence-corrected chi connectivity index (χ1v) is 14.4. The largest absolute Gasteiger partial charge is 0.508 e. The fourth-order valence-corrected chi connectivity index (χ4v) is 5.12. The third-order valence-electron chi connectivity index (χ3n) is 7.92. The van der Waals surface area contributed by atoms with Gasteiger partial charge in [-0.2, -0.15) is 0 Å². The molecule has 4 N–H and O–H groups in total. The van der Waals surface area contributed by atoms with E-state index in [9.17, 15) is 24.3 Å². The molecule has 41 heavy (non-hydrogen) atoms. The summed E-state index contributed by atoms with van der Waals surface area (Å²) in [6.45, 7) is 7.88. The zero-order valence-corrected chi connectivity index (χ0v) is 24.2. The maximum absolute atomic E-state index is 13.7. The molecular weight excluding hydrogens is 528 g/mol. The van der Waals surface area contributed by atoms with Gasteiger partial charge in [-0.3, -0.25) is 24.1 Å². The summed E-state index contributed by atoms with van der Waals surface area (Å²) < 4.78 is 10.7. The molecule has 1 aliphatic carbocycles. The molecule has 2 fully saturated rings. The highest BCUT2D eigenvalue weighted by atomic mass is 16.6. The van der Waals surface area contributed by atoms with E-state index in [0.29, 0.717) is 50.5 Å². The fraction of sp³-hybridized carbons (Fsp3) is 0.600. The van der Waals surface area contributed by atoms with Gasteiger partial charge in [-0.25, -0.2) is 0 Å². The van der Waals surface area contributed by atoms with Crippen molar-refractivity contribution in [2.45, 2.75) is 76.6 Å². The summed E-state index contributed by atoms with van der Waals surface area (Å²) in [7, 11) is 0. The Bertz CT molecular complexity index is 1170. The molecule has 4 atom stereocenters. The molecule has 0 saturated carbocycles. The number of rotatable bonds is 13. The number of nitrogens with zero attached hydrogens (tertiary/aromatic N) is 1. The number of carbonyl (C=O) groups is 4. The second kappa shape index (κ2) is 13.6. The molecule has 2 heterocycles. The van der Waals surface area contributed by atoms with E-state index in [1.807, 2.05) is 4.90 Å². The molecule has 3 amide bonds. The predicted molar refractivity (Wildman–Crippen MR) is 151 cm³/mol. The van der Waals surface area contributed by atoms with Crippen LogP contribution in [0.25, 0.3) is 0 Å². The van der Waals surface area contributed by atoms with Crippen LogP contribution in [0.15, 0.2) is 29.8 Å². The quantitative estimate of drug-likeness (QED) is 0.202. The van der Waals surface area contributed by atoms with Crippen molar-refractivity contribution in [2.75, 3.05) is 39.5 Å². The average Bonchev–Trinajstić information content (AvgIpc) is 3.48. The van der Waals surface area contributed by atoms with Crippen LogP contribution in [0.2, 0.25) is 0 Å². The minimum Gasteiger partial charge on any atom is -0.508 e. The number of hydrogen-bond donors (Lipinski definition) is 4. The molecule has 2 aliphatic heterocycles. The summed E-state index contributed by atoms with van der Waals surface area (Å²) in [5, 5.41) is 18.6. The average molecular weight is 571 g/mol. The van der Waals surface area contributed by atoms with Gasteiger partial charge in [0.05, 0.1) is 32.4 Å². The molecule has 224 valence electrons. The van der Waals surface area contributed by atoms with Gasteiger partial charge in [-0.15, -0.1) is 0 Å². The van der Waals surface area contributed by atoms with Crippen molar-refractivity contribution in [1.82, 2.24) is 20.9 Å². The van der Waals surface area contributed by atoms with Crippen LogP contribution < -0.4 is 16.0 Å². The van der Waals surface area contributed by atoms with E-state index in [0.717, 1.165) is 24.8 Å². The minimum absolute atomic E-state index is 0.0803. The first-order chi connectivity index (χ1) is 19.5. The van der Waals surface area contributed by atoms with Gasteiger partial charge in [0.2, 0.25) is 17.7 Å². The lowest BCUT2D eigenvalue weighted by Crippen LogP contribution is -2.57. The summed E-state index contributed by atoms with van der Waals surface area (Å²) in [5.41, 5.74) is 1.52. The summed E-state index contributed by atoms with van der Waals surface area (Å²) in [5.74, 6) is -1.47. The lowest BCUT2D eigenvalue weighted by molar-refractivity contribution is -0.134. The molecule has 4 rings (SSSR count). The third kappa shape index (κ3) is 8.61. The van der Waals surface area contributed by atoms with Crippen LogP contribution in [0.3, 0.4) is 0 Å². The lowest BCUT2D eigenvalue weighted by Gasteiger charge is -2.27. The summed E-state index contributed by atoms with van der Waals surface area (Å²) in [4.78, 5) is 54.6. The minimum atomic E-state index is -1.05. The van der Waals surface area contributed by atoms with Crippen LogP contribution in [0.4, 0.5) is 0 Å². The highest BCUT2D eigenvalue weighted by molar-refractivity contribution is 5.98. The number of ether oxygens (including phenoxy) is 2. The number of phenolic OH excluding ortho intramolecular Hbond substituents is 1. The van der Waals surface area contributed by atoms with Gasteiger partial charge in [0.15, 0.2) is 5.78 Å². The van der Waals surface area contributed by atoms with Crippen molar-refractivity contribution in [1.29, 1.82) is 0 Å². The molecule has 3 aliphatic rings. The van der Waals surface area contributed by atoms with Gasteiger partial charge in [-0.05, 0) is 63.6 Å². The molecule has 1 aromatic carbocycles. The van der Waals surface area contributed by atoms with Crippen LogP contribution in [-0.4, -0.2) is 96.7 Å². The maximum atomic E-state index is 13.7. The molecule has 11 heteroatoms. The van der Waals surface area contributed by atoms with Crippen LogP contribution in [0, 0.1) is 6.92 Å². The van der Waals surface area contributed by atoms with Crippen molar-refractivity contribution < 1.29 is 33.8 Å². The number of nitrogens with one attached hydrogen (secondary N) is 3. The Morgan fingerprint density at radius 2 is 1.76 bits per heavy atom. The first-order valence-electron chi connectivity index (χ1n) is 14.4. The Kier molecular flexibility index (Phi) is 10.2. The number of amides is 3. The van der Waals surface area contributed by atoms with E-state index >= 15 is 0 Å². The number of carbonyl (C=O) groups excluding carboxylic acids is 4. The van der Waals surface area contributed by atoms with Gasteiger partial charge in [-0.1, -0.05) is 23.8 Å². The standard InChI is InChI=1S/C30H42N4O7/c1-19-8-9-22(16-25(19)35)15-24(33-28(38)20(2)31-26(36)17-34-10-12-40-13-11-34)29(39)32-23(14-21-6-4-5-7-21)27(37)30(3)18-41-30/h6,8-9,16,20,23-24,35H,4-5,7,10-15,17-18H2,1-3H3,(H,31,36)(H,32,39)(H,33,38)/t20-,23-,24-,30-/m0/s1. The monoisotopic (exact) mass is 570 g/mol. The highest BCUT2D eigenvalue weighted by Gasteiger charge is 2.50. The summed E-state index contributed by atoms with van der Waals surface area (Å²) >= 11 is 0. The third-order valence-corrected chi connectivity index (χ3v) is 7.92. The van der Waals surface area contributed by atoms with Gasteiger partial charge in [0.25, 0.3) is 0 Å². The Labute approximate surface area is 241 Å². The maximum Gasteiger partial charge on any atom is 0.243 e. The van der Waals surface area contributed by atoms with Crippen LogP contribution in [0.5, 0.6) is 5.75 Å². The lowest BCUT2D eigenvalue weighted by atomic mass is 9.94. The number of Topliss-reactive ketones (excluding diaryl/α,β-unsaturated/α-hetero) is 1. The number of allylic oxidation sites excluding steroid dienone is 1. The normalized spacial score (nSPS) is 22.7. The van der Waals surface area contributed by atoms with E-state index in [1.54, 1.807) is 39.0 Å². The number of morpholine rings is 1. The van der Waals surface area contributed by atoms with Crippen molar-refractivity contribution in [3.05, 3.63) is 41.0 Å². The summed E-state index contributed by atoms with van der Waals surface area (Å²) in [6, 6.07) is 2.32. The van der Waals surface area contributed by atoms with Gasteiger partial charge in [0.1, 0.15) is 23.4 Å². The van der Waals surface area contributed by atoms with Gasteiger partial charge < -0.3 is 30.5 Å². The fourth-order valence-electron chi connectivity index (χ4n) is 5.12. The molecule has 1 aromatic rings. The van der Waals surface area contributed by atoms with Gasteiger partial charge in [0, 0.05) is 19.5 Å². The van der Waals surface area contributed by atoms with Crippen LogP contribution in [0.1, 0.15) is 50.7 Å².